The topological polar surface area (TPSA) is 80.7 Å². The van der Waals surface area contributed by atoms with Crippen molar-refractivity contribution in [2.45, 2.75) is 19.3 Å². The van der Waals surface area contributed by atoms with Gasteiger partial charge in [0.1, 0.15) is 28.9 Å². The minimum Gasteiger partial charge on any atom is -0.497 e. The van der Waals surface area contributed by atoms with Gasteiger partial charge in [0.2, 0.25) is 5.88 Å². The Bertz CT molecular complexity index is 1170. The van der Waals surface area contributed by atoms with Crippen LogP contribution >= 0.6 is 0 Å². The lowest BCUT2D eigenvalue weighted by atomic mass is 9.80. The van der Waals surface area contributed by atoms with Gasteiger partial charge in [-0.15, -0.1) is 0 Å². The Hall–Kier alpha value is -3.69. The zero-order valence-corrected chi connectivity index (χ0v) is 19.3. The van der Waals surface area contributed by atoms with E-state index in [1.165, 1.54) is 0 Å². The molecule has 4 rings (SSSR count). The molecule has 6 nitrogen and oxygen atoms in total. The average Bonchev–Trinajstić information content (AvgIpc) is 2.84. The third-order valence-corrected chi connectivity index (χ3v) is 6.01. The first-order chi connectivity index (χ1) is 16.1. The number of benzene rings is 2. The third kappa shape index (κ3) is 4.59. The summed E-state index contributed by atoms with van der Waals surface area (Å²) in [4.78, 5) is 2.39. The molecule has 2 aromatic rings. The molecule has 0 radical (unpaired) electrons. The minimum atomic E-state index is -0.290. The van der Waals surface area contributed by atoms with Gasteiger partial charge < -0.3 is 19.9 Å². The van der Waals surface area contributed by atoms with Crippen LogP contribution in [0.4, 0.5) is 0 Å². The molecule has 2 heterocycles. The number of hydrogen-bond donors (Lipinski definition) is 1. The maximum absolute atomic E-state index is 9.97. The minimum absolute atomic E-state index is 0.157. The van der Waals surface area contributed by atoms with E-state index in [0.29, 0.717) is 12.1 Å². The molecule has 2 aromatic carbocycles. The second-order valence-electron chi connectivity index (χ2n) is 8.21. The monoisotopic (exact) mass is 443 g/mol. The molecule has 0 aromatic heterocycles. The van der Waals surface area contributed by atoms with Gasteiger partial charge in [-0.25, -0.2) is 0 Å². The quantitative estimate of drug-likeness (QED) is 0.704. The first-order valence-electron chi connectivity index (χ1n) is 11.1. The Morgan fingerprint density at radius 2 is 1.85 bits per heavy atom. The van der Waals surface area contributed by atoms with Crippen molar-refractivity contribution < 1.29 is 14.2 Å². The molecule has 6 heteroatoms. The molecule has 0 spiro atoms. The highest BCUT2D eigenvalue weighted by molar-refractivity contribution is 5.64. The van der Waals surface area contributed by atoms with Gasteiger partial charge in [-0.1, -0.05) is 31.2 Å². The van der Waals surface area contributed by atoms with E-state index in [1.807, 2.05) is 48.5 Å². The Morgan fingerprint density at radius 1 is 1.12 bits per heavy atom. The van der Waals surface area contributed by atoms with Crippen molar-refractivity contribution in [3.63, 3.8) is 0 Å². The van der Waals surface area contributed by atoms with Gasteiger partial charge in [-0.05, 0) is 60.0 Å². The second kappa shape index (κ2) is 9.85. The van der Waals surface area contributed by atoms with Crippen LogP contribution in [-0.2, 0) is 4.74 Å². The molecular weight excluding hydrogens is 414 g/mol. The first-order valence-corrected chi connectivity index (χ1v) is 11.1. The number of hydrogen-bond acceptors (Lipinski definition) is 6. The third-order valence-electron chi connectivity index (χ3n) is 6.01. The van der Waals surface area contributed by atoms with Crippen LogP contribution in [0.2, 0.25) is 0 Å². The fourth-order valence-electron chi connectivity index (χ4n) is 4.55. The Morgan fingerprint density at radius 3 is 2.55 bits per heavy atom. The Labute approximate surface area is 195 Å². The SMILES string of the molecule is CCCN1CC2=C(OC(N)=C(C#N)C2c2cccc(OC)c2)/C(=C/c2cccc(OC)c2)C1. The number of rotatable bonds is 6. The molecule has 2 N–H and O–H groups in total. The standard InChI is InChI=1S/C27H29N3O3/c1-4-11-30-16-20(12-18-7-5-9-21(13-18)31-2)26-24(17-30)25(23(15-28)27(29)33-26)19-8-6-10-22(14-19)32-3/h5-10,12-14,25H,4,11,16-17,29H2,1-3H3/b20-12+. The summed E-state index contributed by atoms with van der Waals surface area (Å²) in [5.41, 5.74) is 10.8. The summed E-state index contributed by atoms with van der Waals surface area (Å²) in [5, 5.41) is 9.97. The van der Waals surface area contributed by atoms with Crippen LogP contribution in [0, 0.1) is 11.3 Å². The lowest BCUT2D eigenvalue weighted by Crippen LogP contribution is -2.38. The maximum Gasteiger partial charge on any atom is 0.205 e. The summed E-state index contributed by atoms with van der Waals surface area (Å²) < 4.78 is 17.0. The number of nitriles is 1. The van der Waals surface area contributed by atoms with E-state index in [-0.39, 0.29) is 11.8 Å². The van der Waals surface area contributed by atoms with E-state index < -0.39 is 0 Å². The highest BCUT2D eigenvalue weighted by atomic mass is 16.5. The van der Waals surface area contributed by atoms with E-state index in [4.69, 9.17) is 19.9 Å². The molecule has 170 valence electrons. The number of nitrogens with two attached hydrogens (primary N) is 1. The molecule has 1 atom stereocenters. The maximum atomic E-state index is 9.97. The molecule has 1 unspecified atom stereocenters. The van der Waals surface area contributed by atoms with Crippen molar-refractivity contribution in [1.82, 2.24) is 4.90 Å². The van der Waals surface area contributed by atoms with Gasteiger partial charge in [0.05, 0.1) is 20.1 Å². The smallest absolute Gasteiger partial charge is 0.205 e. The largest absolute Gasteiger partial charge is 0.497 e. The Balaban J connectivity index is 1.87. The summed E-state index contributed by atoms with van der Waals surface area (Å²) in [6, 6.07) is 18.0. The summed E-state index contributed by atoms with van der Waals surface area (Å²) in [6.07, 6.45) is 3.15. The van der Waals surface area contributed by atoms with E-state index in [9.17, 15) is 5.26 Å². The molecule has 0 saturated heterocycles. The van der Waals surface area contributed by atoms with Crippen molar-refractivity contribution >= 4 is 6.08 Å². The highest BCUT2D eigenvalue weighted by Gasteiger charge is 2.37. The summed E-state index contributed by atoms with van der Waals surface area (Å²) in [5.74, 6) is 2.16. The fraction of sp³-hybridized carbons (Fsp3) is 0.296. The number of allylic oxidation sites excluding steroid dienone is 1. The van der Waals surface area contributed by atoms with Crippen molar-refractivity contribution in [2.75, 3.05) is 33.9 Å². The van der Waals surface area contributed by atoms with Gasteiger partial charge in [-0.2, -0.15) is 5.26 Å². The van der Waals surface area contributed by atoms with Crippen LogP contribution in [0.15, 0.2) is 76.9 Å². The van der Waals surface area contributed by atoms with Gasteiger partial charge in [0.25, 0.3) is 0 Å². The first kappa shape index (κ1) is 22.5. The molecule has 0 bridgehead atoms. The molecule has 2 aliphatic heterocycles. The number of nitrogens with zero attached hydrogens (tertiary/aromatic N) is 2. The van der Waals surface area contributed by atoms with Gasteiger partial charge >= 0.3 is 0 Å². The highest BCUT2D eigenvalue weighted by Crippen LogP contribution is 2.44. The fourth-order valence-corrected chi connectivity index (χ4v) is 4.55. The van der Waals surface area contributed by atoms with Crippen LogP contribution in [-0.4, -0.2) is 38.8 Å². The zero-order valence-electron chi connectivity index (χ0n) is 19.3. The van der Waals surface area contributed by atoms with Gasteiger partial charge in [-0.3, -0.25) is 4.90 Å². The molecule has 33 heavy (non-hydrogen) atoms. The second-order valence-corrected chi connectivity index (χ2v) is 8.21. The van der Waals surface area contributed by atoms with Crippen LogP contribution in [0.5, 0.6) is 11.5 Å². The van der Waals surface area contributed by atoms with Crippen molar-refractivity contribution in [2.24, 2.45) is 5.73 Å². The Kier molecular flexibility index (Phi) is 6.71. The zero-order chi connectivity index (χ0) is 23.4. The van der Waals surface area contributed by atoms with Gasteiger partial charge in [0, 0.05) is 18.7 Å². The van der Waals surface area contributed by atoms with Crippen molar-refractivity contribution in [3.8, 4) is 17.6 Å². The van der Waals surface area contributed by atoms with E-state index >= 15 is 0 Å². The molecule has 0 saturated carbocycles. The van der Waals surface area contributed by atoms with Crippen molar-refractivity contribution in [3.05, 3.63) is 88.0 Å². The molecular formula is C27H29N3O3. The van der Waals surface area contributed by atoms with E-state index in [1.54, 1.807) is 14.2 Å². The summed E-state index contributed by atoms with van der Waals surface area (Å²) in [6.45, 7) is 4.56. The lowest BCUT2D eigenvalue weighted by molar-refractivity contribution is 0.234. The number of methoxy groups -OCH3 is 2. The van der Waals surface area contributed by atoms with Crippen LogP contribution in [0.3, 0.4) is 0 Å². The predicted octanol–water partition coefficient (Wildman–Crippen LogP) is 4.57. The molecule has 0 amide bonds. The van der Waals surface area contributed by atoms with Gasteiger partial charge in [0.15, 0.2) is 0 Å². The normalized spacial score (nSPS) is 19.7. The lowest BCUT2D eigenvalue weighted by Gasteiger charge is -2.38. The van der Waals surface area contributed by atoms with Crippen LogP contribution in [0.1, 0.15) is 30.4 Å². The molecule has 2 aliphatic rings. The van der Waals surface area contributed by atoms with Crippen LogP contribution in [0.25, 0.3) is 6.08 Å². The molecule has 0 fully saturated rings. The summed E-state index contributed by atoms with van der Waals surface area (Å²) in [7, 11) is 3.30. The summed E-state index contributed by atoms with van der Waals surface area (Å²) >= 11 is 0. The van der Waals surface area contributed by atoms with E-state index in [0.717, 1.165) is 59.0 Å². The number of ether oxygens (including phenoxy) is 3. The van der Waals surface area contributed by atoms with Crippen molar-refractivity contribution in [1.29, 1.82) is 5.26 Å². The van der Waals surface area contributed by atoms with Crippen LogP contribution < -0.4 is 15.2 Å². The van der Waals surface area contributed by atoms with E-state index in [2.05, 4.69) is 24.0 Å². The average molecular weight is 444 g/mol. The predicted molar refractivity (Wildman–Crippen MR) is 128 cm³/mol. The molecule has 0 aliphatic carbocycles.